The molecule has 2 amide bonds. The highest BCUT2D eigenvalue weighted by Crippen LogP contribution is 1.73. The average Bonchev–Trinajstić information content (AvgIpc) is 1.85. The Balaban J connectivity index is 3.03. The minimum Gasteiger partial charge on any atom is -0.465 e. The molecule has 0 aromatic rings. The summed E-state index contributed by atoms with van der Waals surface area (Å²) in [5, 5.41) is 12.9. The molecule has 0 bridgehead atoms. The summed E-state index contributed by atoms with van der Waals surface area (Å²) in [4.78, 5) is 20.2. The number of carboxylic acid groups (broad SMARTS) is 1. The summed E-state index contributed by atoms with van der Waals surface area (Å²) in [5.41, 5.74) is 0. The second-order valence-corrected chi connectivity index (χ2v) is 2.07. The molecule has 0 aliphatic carbocycles. The van der Waals surface area contributed by atoms with Crippen molar-refractivity contribution in [2.24, 2.45) is 0 Å². The summed E-state index contributed by atoms with van der Waals surface area (Å²) >= 11 is 0. The number of hydrogen-bond donors (Lipinski definition) is 3. The van der Waals surface area contributed by atoms with Crippen LogP contribution in [0.3, 0.4) is 0 Å². The first kappa shape index (κ1) is 9.74. The monoisotopic (exact) mass is 160 g/mol. The predicted octanol–water partition coefficient (Wildman–Crippen LogP) is -0.220. The van der Waals surface area contributed by atoms with Crippen LogP contribution in [-0.2, 0) is 4.79 Å². The van der Waals surface area contributed by atoms with E-state index >= 15 is 0 Å². The normalized spacial score (nSPS) is 8.82. The van der Waals surface area contributed by atoms with Gasteiger partial charge in [-0.3, -0.25) is 4.79 Å². The first-order chi connectivity index (χ1) is 5.13. The quantitative estimate of drug-likeness (QED) is 0.497. The van der Waals surface area contributed by atoms with Gasteiger partial charge in [0.1, 0.15) is 0 Å². The minimum absolute atomic E-state index is 0.0969. The zero-order valence-corrected chi connectivity index (χ0v) is 6.39. The molecule has 0 heterocycles. The predicted molar refractivity (Wildman–Crippen MR) is 39.3 cm³/mol. The highest BCUT2D eigenvalue weighted by Gasteiger charge is 1.93. The molecule has 3 N–H and O–H groups in total. The number of carbonyl (C=O) groups is 2. The summed E-state index contributed by atoms with van der Waals surface area (Å²) < 4.78 is 0. The molecule has 0 spiro atoms. The number of hydrogen-bond acceptors (Lipinski definition) is 2. The Hall–Kier alpha value is -1.26. The number of amides is 2. The lowest BCUT2D eigenvalue weighted by atomic mass is 10.4. The Morgan fingerprint density at radius 1 is 1.27 bits per heavy atom. The van der Waals surface area contributed by atoms with E-state index in [1.165, 1.54) is 6.92 Å². The zero-order valence-electron chi connectivity index (χ0n) is 6.39. The third-order valence-electron chi connectivity index (χ3n) is 1.00. The van der Waals surface area contributed by atoms with Gasteiger partial charge in [0.25, 0.3) is 0 Å². The van der Waals surface area contributed by atoms with E-state index in [0.717, 1.165) is 0 Å². The van der Waals surface area contributed by atoms with Crippen molar-refractivity contribution in [2.45, 2.75) is 13.3 Å². The van der Waals surface area contributed by atoms with E-state index < -0.39 is 6.09 Å². The minimum atomic E-state index is -1.03. The van der Waals surface area contributed by atoms with Crippen molar-refractivity contribution in [1.82, 2.24) is 10.6 Å². The summed E-state index contributed by atoms with van der Waals surface area (Å²) in [7, 11) is 0. The molecule has 0 aliphatic rings. The fourth-order valence-corrected chi connectivity index (χ4v) is 0.548. The van der Waals surface area contributed by atoms with Gasteiger partial charge in [-0.05, 0) is 6.42 Å². The average molecular weight is 160 g/mol. The van der Waals surface area contributed by atoms with Crippen molar-refractivity contribution >= 4 is 12.0 Å². The third kappa shape index (κ3) is 8.74. The molecule has 0 rings (SSSR count). The van der Waals surface area contributed by atoms with E-state index in [9.17, 15) is 9.59 Å². The van der Waals surface area contributed by atoms with Crippen LogP contribution in [0.15, 0.2) is 0 Å². The fraction of sp³-hybridized carbons (Fsp3) is 0.667. The number of nitrogens with one attached hydrogen (secondary N) is 2. The van der Waals surface area contributed by atoms with Crippen LogP contribution in [0.5, 0.6) is 0 Å². The summed E-state index contributed by atoms with van der Waals surface area (Å²) in [6, 6.07) is 0. The topological polar surface area (TPSA) is 78.4 Å². The Morgan fingerprint density at radius 3 is 2.27 bits per heavy atom. The van der Waals surface area contributed by atoms with Gasteiger partial charge < -0.3 is 15.7 Å². The molecule has 0 fully saturated rings. The Kier molecular flexibility index (Phi) is 4.89. The van der Waals surface area contributed by atoms with Crippen molar-refractivity contribution < 1.29 is 14.7 Å². The van der Waals surface area contributed by atoms with Crippen molar-refractivity contribution in [3.8, 4) is 0 Å². The second-order valence-electron chi connectivity index (χ2n) is 2.07. The molecule has 0 aromatic carbocycles. The number of rotatable bonds is 4. The van der Waals surface area contributed by atoms with Crippen LogP contribution in [0.4, 0.5) is 4.79 Å². The van der Waals surface area contributed by atoms with E-state index in [4.69, 9.17) is 5.11 Å². The van der Waals surface area contributed by atoms with Crippen LogP contribution in [0, 0.1) is 0 Å². The molecule has 5 nitrogen and oxygen atoms in total. The first-order valence-corrected chi connectivity index (χ1v) is 3.34. The van der Waals surface area contributed by atoms with Gasteiger partial charge in [-0.15, -0.1) is 0 Å². The van der Waals surface area contributed by atoms with Crippen LogP contribution in [0.25, 0.3) is 0 Å². The van der Waals surface area contributed by atoms with Crippen LogP contribution in [0.1, 0.15) is 13.3 Å². The maximum atomic E-state index is 10.3. The zero-order chi connectivity index (χ0) is 8.69. The van der Waals surface area contributed by atoms with Crippen molar-refractivity contribution in [3.63, 3.8) is 0 Å². The van der Waals surface area contributed by atoms with E-state index in [2.05, 4.69) is 10.6 Å². The highest BCUT2D eigenvalue weighted by atomic mass is 16.4. The van der Waals surface area contributed by atoms with Gasteiger partial charge in [0, 0.05) is 20.0 Å². The number of carbonyl (C=O) groups excluding carboxylic acids is 1. The van der Waals surface area contributed by atoms with Gasteiger partial charge in [-0.2, -0.15) is 0 Å². The molecule has 11 heavy (non-hydrogen) atoms. The SMILES string of the molecule is CC(=O)NCCCNC(=O)O. The molecule has 0 saturated heterocycles. The fourth-order valence-electron chi connectivity index (χ4n) is 0.548. The standard InChI is InChI=1S/C6H12N2O3/c1-5(9)7-3-2-4-8-6(10)11/h8H,2-4H2,1H3,(H,7,9)(H,10,11). The van der Waals surface area contributed by atoms with Crippen LogP contribution in [-0.4, -0.2) is 30.2 Å². The summed E-state index contributed by atoms with van der Waals surface area (Å²) in [6.07, 6.45) is -0.417. The molecule has 0 aliphatic heterocycles. The molecule has 0 radical (unpaired) electrons. The maximum Gasteiger partial charge on any atom is 0.404 e. The third-order valence-corrected chi connectivity index (χ3v) is 1.00. The van der Waals surface area contributed by atoms with E-state index in [1.807, 2.05) is 0 Å². The van der Waals surface area contributed by atoms with Crippen molar-refractivity contribution in [1.29, 1.82) is 0 Å². The molecular formula is C6H12N2O3. The largest absolute Gasteiger partial charge is 0.465 e. The molecule has 0 saturated carbocycles. The maximum absolute atomic E-state index is 10.3. The first-order valence-electron chi connectivity index (χ1n) is 3.34. The van der Waals surface area contributed by atoms with Crippen molar-refractivity contribution in [3.05, 3.63) is 0 Å². The molecule has 64 valence electrons. The highest BCUT2D eigenvalue weighted by molar-refractivity contribution is 5.72. The Morgan fingerprint density at radius 2 is 1.82 bits per heavy atom. The van der Waals surface area contributed by atoms with Gasteiger partial charge in [0.15, 0.2) is 0 Å². The van der Waals surface area contributed by atoms with Gasteiger partial charge >= 0.3 is 6.09 Å². The molecular weight excluding hydrogens is 148 g/mol. The summed E-state index contributed by atoms with van der Waals surface area (Å²) in [5.74, 6) is -0.0969. The van der Waals surface area contributed by atoms with Gasteiger partial charge in [-0.25, -0.2) is 4.79 Å². The molecule has 5 heteroatoms. The smallest absolute Gasteiger partial charge is 0.404 e. The Labute approximate surface area is 64.8 Å². The Bertz CT molecular complexity index is 131. The van der Waals surface area contributed by atoms with Crippen LogP contribution in [0.2, 0.25) is 0 Å². The lowest BCUT2D eigenvalue weighted by Gasteiger charge is -2.00. The van der Waals surface area contributed by atoms with Crippen LogP contribution >= 0.6 is 0 Å². The lowest BCUT2D eigenvalue weighted by molar-refractivity contribution is -0.118. The molecule has 0 aromatic heterocycles. The molecule has 0 atom stereocenters. The molecule has 0 unspecified atom stereocenters. The second kappa shape index (κ2) is 5.52. The van der Waals surface area contributed by atoms with E-state index in [1.54, 1.807) is 0 Å². The van der Waals surface area contributed by atoms with Gasteiger partial charge in [-0.1, -0.05) is 0 Å². The van der Waals surface area contributed by atoms with Crippen LogP contribution < -0.4 is 10.6 Å². The van der Waals surface area contributed by atoms with Gasteiger partial charge in [0.2, 0.25) is 5.91 Å². The van der Waals surface area contributed by atoms with E-state index in [0.29, 0.717) is 19.5 Å². The lowest BCUT2D eigenvalue weighted by Crippen LogP contribution is -2.27. The summed E-state index contributed by atoms with van der Waals surface area (Å²) in [6.45, 7) is 2.30. The van der Waals surface area contributed by atoms with E-state index in [-0.39, 0.29) is 5.91 Å². The van der Waals surface area contributed by atoms with Crippen molar-refractivity contribution in [2.75, 3.05) is 13.1 Å². The van der Waals surface area contributed by atoms with Gasteiger partial charge in [0.05, 0.1) is 0 Å².